The van der Waals surface area contributed by atoms with Crippen molar-refractivity contribution >= 4 is 17.7 Å². The molecule has 4 aliphatic carbocycles. The zero-order valence-corrected chi connectivity index (χ0v) is 18.0. The van der Waals surface area contributed by atoms with Gasteiger partial charge in [0.25, 0.3) is 0 Å². The molecule has 4 fully saturated rings. The maximum atomic E-state index is 13.3. The Labute approximate surface area is 179 Å². The molecule has 162 valence electrons. The molecule has 1 aromatic heterocycles. The van der Waals surface area contributed by atoms with Gasteiger partial charge in [-0.1, -0.05) is 11.8 Å². The van der Waals surface area contributed by atoms with Gasteiger partial charge in [-0.25, -0.2) is 4.98 Å². The summed E-state index contributed by atoms with van der Waals surface area (Å²) in [6.45, 7) is 3.53. The summed E-state index contributed by atoms with van der Waals surface area (Å²) in [6.07, 6.45) is 2.85. The second kappa shape index (κ2) is 7.74. The van der Waals surface area contributed by atoms with Crippen LogP contribution in [0.1, 0.15) is 62.3 Å². The number of halogens is 3. The van der Waals surface area contributed by atoms with E-state index in [1.807, 2.05) is 0 Å². The molecule has 0 spiro atoms. The maximum absolute atomic E-state index is 13.3. The van der Waals surface area contributed by atoms with Crippen LogP contribution in [0.25, 0.3) is 0 Å². The van der Waals surface area contributed by atoms with Crippen LogP contribution in [-0.4, -0.2) is 22.7 Å². The number of nitrogens with zero attached hydrogens (tertiary/aromatic N) is 2. The molecule has 8 heteroatoms. The largest absolute Gasteiger partial charge is 0.417 e. The average Bonchev–Trinajstić information content (AvgIpc) is 2.64. The summed E-state index contributed by atoms with van der Waals surface area (Å²) in [5.41, 5.74) is -1.17. The van der Waals surface area contributed by atoms with E-state index in [1.165, 1.54) is 45.4 Å². The molecule has 0 radical (unpaired) electrons. The van der Waals surface area contributed by atoms with Crippen molar-refractivity contribution in [2.24, 2.45) is 23.2 Å². The van der Waals surface area contributed by atoms with Crippen molar-refractivity contribution in [3.63, 3.8) is 0 Å². The number of rotatable bonds is 5. The zero-order valence-electron chi connectivity index (χ0n) is 17.2. The van der Waals surface area contributed by atoms with Gasteiger partial charge in [-0.2, -0.15) is 18.4 Å². The summed E-state index contributed by atoms with van der Waals surface area (Å²) < 4.78 is 39.8. The van der Waals surface area contributed by atoms with Crippen molar-refractivity contribution in [1.82, 2.24) is 10.3 Å². The number of nitriles is 1. The fraction of sp³-hybridized carbons (Fsp3) is 0.682. The number of carbonyl (C=O) groups excluding carboxylic acids is 1. The van der Waals surface area contributed by atoms with Crippen LogP contribution < -0.4 is 5.32 Å². The Hall–Kier alpha value is -1.75. The van der Waals surface area contributed by atoms with Crippen LogP contribution in [0.15, 0.2) is 11.1 Å². The number of carbonyl (C=O) groups is 1. The first kappa shape index (κ1) is 21.5. The first-order valence-electron chi connectivity index (χ1n) is 10.5. The van der Waals surface area contributed by atoms with Crippen molar-refractivity contribution in [2.45, 2.75) is 69.6 Å². The van der Waals surface area contributed by atoms with Gasteiger partial charge in [0.2, 0.25) is 5.91 Å². The lowest BCUT2D eigenvalue weighted by molar-refractivity contribution is -0.138. The fourth-order valence-electron chi connectivity index (χ4n) is 6.36. The standard InChI is InChI=1S/C22H26F3N3OS/c1-12-3-18(22(23,24)25)17(10-26)20(27-12)30-11-19(29)28-13(2)21-7-14-4-15(8-21)6-16(5-14)9-21/h3,13-16H,4-9,11H2,1-2H3,(H,28,29). The smallest absolute Gasteiger partial charge is 0.352 e. The summed E-state index contributed by atoms with van der Waals surface area (Å²) >= 11 is 0.898. The van der Waals surface area contributed by atoms with Crippen molar-refractivity contribution in [3.05, 3.63) is 22.9 Å². The highest BCUT2D eigenvalue weighted by atomic mass is 32.2. The minimum absolute atomic E-state index is 0.0394. The Bertz CT molecular complexity index is 858. The Balaban J connectivity index is 1.42. The number of thioether (sulfide) groups is 1. The van der Waals surface area contributed by atoms with Crippen molar-refractivity contribution in [2.75, 3.05) is 5.75 Å². The van der Waals surface area contributed by atoms with E-state index in [0.29, 0.717) is 0 Å². The molecule has 4 bridgehead atoms. The first-order chi connectivity index (χ1) is 14.1. The predicted octanol–water partition coefficient (Wildman–Crippen LogP) is 5.09. The molecule has 1 heterocycles. The Morgan fingerprint density at radius 2 is 1.87 bits per heavy atom. The van der Waals surface area contributed by atoms with Crippen molar-refractivity contribution in [1.29, 1.82) is 5.26 Å². The van der Waals surface area contributed by atoms with E-state index in [2.05, 4.69) is 17.2 Å². The maximum Gasteiger partial charge on any atom is 0.417 e. The lowest BCUT2D eigenvalue weighted by atomic mass is 9.48. The molecule has 1 N–H and O–H groups in total. The van der Waals surface area contributed by atoms with E-state index in [0.717, 1.165) is 35.6 Å². The van der Waals surface area contributed by atoms with E-state index < -0.39 is 17.3 Å². The van der Waals surface area contributed by atoms with Gasteiger partial charge < -0.3 is 5.32 Å². The highest BCUT2D eigenvalue weighted by Gasteiger charge is 2.53. The van der Waals surface area contributed by atoms with Gasteiger partial charge in [0.15, 0.2) is 0 Å². The van der Waals surface area contributed by atoms with E-state index in [-0.39, 0.29) is 33.8 Å². The van der Waals surface area contributed by atoms with Crippen LogP contribution in [0.4, 0.5) is 13.2 Å². The van der Waals surface area contributed by atoms with E-state index in [1.54, 1.807) is 6.07 Å². The minimum Gasteiger partial charge on any atom is -0.352 e. The summed E-state index contributed by atoms with van der Waals surface area (Å²) in [7, 11) is 0. The van der Waals surface area contributed by atoms with Gasteiger partial charge in [0.05, 0.1) is 16.9 Å². The lowest BCUT2D eigenvalue weighted by Crippen LogP contribution is -2.56. The summed E-state index contributed by atoms with van der Waals surface area (Å²) in [5, 5.41) is 12.3. The molecule has 4 saturated carbocycles. The Morgan fingerprint density at radius 1 is 1.30 bits per heavy atom. The molecule has 1 amide bonds. The van der Waals surface area contributed by atoms with Crippen LogP contribution in [0.3, 0.4) is 0 Å². The molecule has 1 unspecified atom stereocenters. The highest BCUT2D eigenvalue weighted by Crippen LogP contribution is 2.61. The third-order valence-electron chi connectivity index (χ3n) is 7.25. The van der Waals surface area contributed by atoms with Crippen molar-refractivity contribution in [3.8, 4) is 6.07 Å². The van der Waals surface area contributed by atoms with E-state index in [4.69, 9.17) is 0 Å². The lowest BCUT2D eigenvalue weighted by Gasteiger charge is -2.59. The molecule has 30 heavy (non-hydrogen) atoms. The molecule has 1 atom stereocenters. The number of nitrogens with one attached hydrogen (secondary N) is 1. The monoisotopic (exact) mass is 437 g/mol. The number of aryl methyl sites for hydroxylation is 1. The average molecular weight is 438 g/mol. The topological polar surface area (TPSA) is 65.8 Å². The quantitative estimate of drug-likeness (QED) is 0.652. The SMILES string of the molecule is Cc1cc(C(F)(F)F)c(C#N)c(SCC(=O)NC(C)C23CC4CC(CC(C4)C2)C3)n1. The molecule has 4 aliphatic rings. The highest BCUT2D eigenvalue weighted by molar-refractivity contribution is 8.00. The van der Waals surface area contributed by atoms with Crippen molar-refractivity contribution < 1.29 is 18.0 Å². The number of alkyl halides is 3. The van der Waals surface area contributed by atoms with Crippen LogP contribution in [0.2, 0.25) is 0 Å². The fourth-order valence-corrected chi connectivity index (χ4v) is 7.22. The third-order valence-corrected chi connectivity index (χ3v) is 8.23. The van der Waals surface area contributed by atoms with Gasteiger partial charge >= 0.3 is 6.18 Å². The number of hydrogen-bond donors (Lipinski definition) is 1. The number of amides is 1. The third kappa shape index (κ3) is 4.05. The molecule has 5 rings (SSSR count). The molecular weight excluding hydrogens is 411 g/mol. The molecule has 0 saturated heterocycles. The normalized spacial score (nSPS) is 30.7. The number of aromatic nitrogens is 1. The second-order valence-electron chi connectivity index (χ2n) is 9.46. The van der Waals surface area contributed by atoms with Crippen LogP contribution in [-0.2, 0) is 11.0 Å². The number of pyridine rings is 1. The summed E-state index contributed by atoms with van der Waals surface area (Å²) in [5.74, 6) is 2.06. The minimum atomic E-state index is -4.64. The predicted molar refractivity (Wildman–Crippen MR) is 108 cm³/mol. The van der Waals surface area contributed by atoms with Crippen LogP contribution >= 0.6 is 11.8 Å². The van der Waals surface area contributed by atoms with E-state index >= 15 is 0 Å². The second-order valence-corrected chi connectivity index (χ2v) is 10.4. The molecule has 4 nitrogen and oxygen atoms in total. The summed E-state index contributed by atoms with van der Waals surface area (Å²) in [6, 6.07) is 2.54. The van der Waals surface area contributed by atoms with Crippen LogP contribution in [0.5, 0.6) is 0 Å². The van der Waals surface area contributed by atoms with Gasteiger partial charge in [0.1, 0.15) is 11.1 Å². The molecule has 0 aromatic carbocycles. The Morgan fingerprint density at radius 3 is 2.37 bits per heavy atom. The van der Waals surface area contributed by atoms with Gasteiger partial charge in [-0.05, 0) is 81.6 Å². The van der Waals surface area contributed by atoms with Gasteiger partial charge in [0, 0.05) is 11.7 Å². The van der Waals surface area contributed by atoms with Crippen LogP contribution in [0, 0.1) is 41.4 Å². The number of hydrogen-bond acceptors (Lipinski definition) is 4. The Kier molecular flexibility index (Phi) is 5.54. The molecular formula is C22H26F3N3OS. The van der Waals surface area contributed by atoms with Gasteiger partial charge in [-0.3, -0.25) is 4.79 Å². The van der Waals surface area contributed by atoms with E-state index in [9.17, 15) is 23.2 Å². The molecule has 0 aliphatic heterocycles. The zero-order chi connectivity index (χ0) is 21.7. The summed E-state index contributed by atoms with van der Waals surface area (Å²) in [4.78, 5) is 16.7. The van der Waals surface area contributed by atoms with Gasteiger partial charge in [-0.15, -0.1) is 0 Å². The first-order valence-corrected chi connectivity index (χ1v) is 11.5. The molecule has 1 aromatic rings.